The molecule has 10 rings (SSSR count). The van der Waals surface area contributed by atoms with Crippen LogP contribution in [-0.4, -0.2) is 44.0 Å². The largest absolute Gasteiger partial charge is 0.480 e. The summed E-state index contributed by atoms with van der Waals surface area (Å²) in [5.41, 5.74) is 7.71. The molecule has 0 spiro atoms. The fourth-order valence-electron chi connectivity index (χ4n) is 7.14. The molecule has 0 aliphatic carbocycles. The molecule has 0 saturated carbocycles. The summed E-state index contributed by atoms with van der Waals surface area (Å²) in [6.07, 6.45) is 3.31. The van der Waals surface area contributed by atoms with Crippen molar-refractivity contribution in [3.05, 3.63) is 144 Å². The maximum absolute atomic E-state index is 13.5. The molecule has 0 radical (unpaired) electrons. The molecule has 4 heterocycles. The van der Waals surface area contributed by atoms with Crippen LogP contribution >= 0.6 is 22.9 Å². The predicted molar refractivity (Wildman–Crippen MR) is 242 cm³/mol. The highest BCUT2D eigenvalue weighted by Crippen LogP contribution is 2.39. The molecule has 2 N–H and O–H groups in total. The Morgan fingerprint density at radius 2 is 1.31 bits per heavy atom. The number of carbonyl (C=O) groups is 2. The first-order valence-corrected chi connectivity index (χ1v) is 20.8. The summed E-state index contributed by atoms with van der Waals surface area (Å²) in [7, 11) is 0. The zero-order valence-electron chi connectivity index (χ0n) is 33.0. The van der Waals surface area contributed by atoms with Crippen molar-refractivity contribution in [1.29, 1.82) is 0 Å². The zero-order valence-corrected chi connectivity index (χ0v) is 34.5. The van der Waals surface area contributed by atoms with E-state index in [1.54, 1.807) is 86.5 Å². The number of fused-ring (bicyclic) bond motifs is 4. The Labute approximate surface area is 362 Å². The van der Waals surface area contributed by atoms with Crippen molar-refractivity contribution in [2.24, 2.45) is 0 Å². The summed E-state index contributed by atoms with van der Waals surface area (Å²) in [4.78, 5) is 45.2. The van der Waals surface area contributed by atoms with Gasteiger partial charge in [0.05, 0.1) is 11.7 Å². The highest BCUT2D eigenvalue weighted by molar-refractivity contribution is 7.13. The minimum atomic E-state index is -0.879. The molecule has 0 bridgehead atoms. The van der Waals surface area contributed by atoms with Crippen molar-refractivity contribution in [2.75, 3.05) is 10.6 Å². The second-order valence-corrected chi connectivity index (χ2v) is 15.8. The Bertz CT molecular complexity index is 3320. The predicted octanol–water partition coefficient (Wildman–Crippen LogP) is 11.6. The molecule has 0 fully saturated rings. The third-order valence-corrected chi connectivity index (χ3v) is 11.4. The molecule has 62 heavy (non-hydrogen) atoms. The number of amides is 2. The zero-order chi connectivity index (χ0) is 42.3. The van der Waals surface area contributed by atoms with Gasteiger partial charge in [0.2, 0.25) is 11.8 Å². The Hall–Kier alpha value is -7.61. The number of aromatic nitrogens is 4. The molecule has 12 nitrogen and oxygen atoms in total. The van der Waals surface area contributed by atoms with E-state index in [-0.39, 0.29) is 11.8 Å². The van der Waals surface area contributed by atoms with Crippen LogP contribution < -0.4 is 20.1 Å². The van der Waals surface area contributed by atoms with Crippen molar-refractivity contribution >= 4 is 89.9 Å². The van der Waals surface area contributed by atoms with Gasteiger partial charge in [0, 0.05) is 50.5 Å². The number of benzene rings is 6. The molecule has 0 aliphatic heterocycles. The maximum atomic E-state index is 13.5. The number of nitrogens with one attached hydrogen (secondary N) is 2. The second-order valence-electron chi connectivity index (χ2n) is 14.5. The molecular formula is C48H33ClN6O6S. The van der Waals surface area contributed by atoms with Gasteiger partial charge in [-0.2, -0.15) is 0 Å². The van der Waals surface area contributed by atoms with Crippen LogP contribution in [0.3, 0.4) is 0 Å². The first-order valence-electron chi connectivity index (χ1n) is 19.5. The number of carbonyl (C=O) groups excluding carboxylic acids is 2. The average molecular weight is 857 g/mol. The average Bonchev–Trinajstić information content (AvgIpc) is 4.08. The summed E-state index contributed by atoms with van der Waals surface area (Å²) in [6.45, 7) is 3.39. The lowest BCUT2D eigenvalue weighted by Crippen LogP contribution is -2.30. The van der Waals surface area contributed by atoms with Crippen molar-refractivity contribution in [3.8, 4) is 44.8 Å². The van der Waals surface area contributed by atoms with Crippen LogP contribution in [0.4, 0.5) is 11.4 Å². The fraction of sp³-hybridized carbons (Fsp3) is 0.0833. The first-order chi connectivity index (χ1) is 30.2. The molecular weight excluding hydrogens is 824 g/mol. The Kier molecular flexibility index (Phi) is 10.0. The van der Waals surface area contributed by atoms with Gasteiger partial charge in [-0.05, 0) is 109 Å². The third kappa shape index (κ3) is 7.66. The van der Waals surface area contributed by atoms with E-state index in [0.717, 1.165) is 37.7 Å². The summed E-state index contributed by atoms with van der Waals surface area (Å²) >= 11 is 8.14. The second kappa shape index (κ2) is 16.1. The Morgan fingerprint density at radius 3 is 2.02 bits per heavy atom. The lowest BCUT2D eigenvalue weighted by Gasteiger charge is -2.19. The van der Waals surface area contributed by atoms with E-state index in [2.05, 4.69) is 36.6 Å². The van der Waals surface area contributed by atoms with Crippen molar-refractivity contribution in [1.82, 2.24) is 19.9 Å². The lowest BCUT2D eigenvalue weighted by molar-refractivity contribution is -0.122. The molecule has 2 amide bonds. The van der Waals surface area contributed by atoms with Crippen LogP contribution in [0, 0.1) is 0 Å². The summed E-state index contributed by atoms with van der Waals surface area (Å²) < 4.78 is 24.5. The van der Waals surface area contributed by atoms with E-state index in [1.165, 1.54) is 11.3 Å². The third-order valence-electron chi connectivity index (χ3n) is 10.3. The van der Waals surface area contributed by atoms with Crippen LogP contribution in [0.15, 0.2) is 148 Å². The van der Waals surface area contributed by atoms with Crippen molar-refractivity contribution < 1.29 is 27.9 Å². The monoisotopic (exact) mass is 856 g/mol. The van der Waals surface area contributed by atoms with Gasteiger partial charge in [-0.25, -0.2) is 9.97 Å². The van der Waals surface area contributed by atoms with Crippen LogP contribution in [0.25, 0.3) is 77.1 Å². The molecule has 2 atom stereocenters. The number of thiazole rings is 1. The molecule has 4 aromatic heterocycles. The molecule has 6 aromatic carbocycles. The number of pyridine rings is 1. The molecule has 1 unspecified atom stereocenters. The number of hydrogen-bond donors (Lipinski definition) is 2. The number of nitrogens with zero attached hydrogens (tertiary/aromatic N) is 4. The van der Waals surface area contributed by atoms with Gasteiger partial charge in [0.15, 0.2) is 23.4 Å². The van der Waals surface area contributed by atoms with Gasteiger partial charge >= 0.3 is 0 Å². The number of ether oxygens (including phenoxy) is 2. The number of anilines is 2. The summed E-state index contributed by atoms with van der Waals surface area (Å²) in [6, 6.07) is 35.4. The number of oxazole rings is 2. The minimum Gasteiger partial charge on any atom is -0.480 e. The molecule has 304 valence electrons. The maximum Gasteiger partial charge on any atom is 0.265 e. The van der Waals surface area contributed by atoms with Gasteiger partial charge in [0.25, 0.3) is 11.8 Å². The number of rotatable bonds is 11. The standard InChI is InChI=1S/C48H33ClN6O6S/c1-26(45(56)52-32-8-12-41-38(22-32)54-47(60-41)28-15-17-50-18-16-28)58-40-14-11-37(49)35-10-7-29(20-36(35)40)31-19-30-5-3-4-6-34(30)43(21-31)59-27(2)46(57)53-33-9-13-42-39(23-33)55-48(61-42)44-24-51-25-62-44/h3-27H,1-2H3,(H,52,56)(H,53,57)/t26?,27-/m1/s1. The van der Waals surface area contributed by atoms with Crippen molar-refractivity contribution in [3.63, 3.8) is 0 Å². The van der Waals surface area contributed by atoms with Gasteiger partial charge in [-0.3, -0.25) is 19.6 Å². The minimum absolute atomic E-state index is 0.334. The highest BCUT2D eigenvalue weighted by atomic mass is 35.5. The first kappa shape index (κ1) is 38.6. The number of halogens is 1. The smallest absolute Gasteiger partial charge is 0.265 e. The van der Waals surface area contributed by atoms with E-state index in [1.807, 2.05) is 60.7 Å². The Morgan fingerprint density at radius 1 is 0.629 bits per heavy atom. The van der Waals surface area contributed by atoms with Gasteiger partial charge in [-0.1, -0.05) is 48.0 Å². The van der Waals surface area contributed by atoms with Gasteiger partial charge in [-0.15, -0.1) is 11.3 Å². The topological polar surface area (TPSA) is 154 Å². The van der Waals surface area contributed by atoms with Crippen LogP contribution in [-0.2, 0) is 9.59 Å². The van der Waals surface area contributed by atoms with E-state index in [9.17, 15) is 9.59 Å². The van der Waals surface area contributed by atoms with Crippen LogP contribution in [0.5, 0.6) is 11.5 Å². The van der Waals surface area contributed by atoms with Gasteiger partial charge in [0.1, 0.15) is 27.4 Å². The normalized spacial score (nSPS) is 12.4. The molecule has 0 saturated heterocycles. The highest BCUT2D eigenvalue weighted by Gasteiger charge is 2.21. The van der Waals surface area contributed by atoms with Crippen molar-refractivity contribution in [2.45, 2.75) is 26.1 Å². The van der Waals surface area contributed by atoms with E-state index in [0.29, 0.717) is 67.3 Å². The quantitative estimate of drug-likeness (QED) is 0.128. The van der Waals surface area contributed by atoms with E-state index in [4.69, 9.17) is 29.9 Å². The Balaban J connectivity index is 0.879. The molecule has 10 aromatic rings. The molecule has 0 aliphatic rings. The van der Waals surface area contributed by atoms with E-state index < -0.39 is 12.2 Å². The lowest BCUT2D eigenvalue weighted by atomic mass is 9.97. The summed E-state index contributed by atoms with van der Waals surface area (Å²) in [5, 5.41) is 9.68. The van der Waals surface area contributed by atoms with E-state index >= 15 is 0 Å². The SMILES string of the molecule is CC(Oc1ccc(Cl)c2ccc(-c3cc(O[C@H](C)C(=O)Nc4ccc5oc(-c6cncs6)nc5c4)c4ccccc4c3)cc12)C(=O)Nc1ccc2oc(-c3ccncc3)nc2c1. The van der Waals surface area contributed by atoms with Crippen LogP contribution in [0.1, 0.15) is 13.8 Å². The summed E-state index contributed by atoms with van der Waals surface area (Å²) in [5.74, 6) is 1.26. The number of hydrogen-bond acceptors (Lipinski definition) is 11. The van der Waals surface area contributed by atoms with Gasteiger partial charge < -0.3 is 28.9 Å². The van der Waals surface area contributed by atoms with Crippen LogP contribution in [0.2, 0.25) is 5.02 Å². The fourth-order valence-corrected chi connectivity index (χ4v) is 7.91. The molecule has 14 heteroatoms.